The summed E-state index contributed by atoms with van der Waals surface area (Å²) in [6.45, 7) is -0.257. The predicted molar refractivity (Wildman–Crippen MR) is 54.8 cm³/mol. The van der Waals surface area contributed by atoms with Gasteiger partial charge >= 0.3 is 5.97 Å². The van der Waals surface area contributed by atoms with E-state index in [-0.39, 0.29) is 18.8 Å². The number of hydrogen-bond donors (Lipinski definition) is 2. The molecule has 0 spiro atoms. The van der Waals surface area contributed by atoms with Crippen LogP contribution >= 0.6 is 0 Å². The molecule has 82 valence electrons. The van der Waals surface area contributed by atoms with Crippen molar-refractivity contribution in [1.82, 2.24) is 0 Å². The number of aliphatic hydroxyl groups is 1. The number of aliphatic hydroxyl groups excluding tert-OH is 1. The standard InChI is InChI=1S/C10H13NO4/c1-14-9-7(3-2-4-8(9)11)10(13)15-6-5-12/h2-4,12H,5-6,11H2,1H3. The number of nitrogen functional groups attached to an aromatic ring is 1. The molecular formula is C10H13NO4. The third-order valence-electron chi connectivity index (χ3n) is 1.79. The molecule has 0 aliphatic carbocycles. The first-order valence-electron chi connectivity index (χ1n) is 4.41. The minimum Gasteiger partial charge on any atom is -0.494 e. The summed E-state index contributed by atoms with van der Waals surface area (Å²) in [6.07, 6.45) is 0. The van der Waals surface area contributed by atoms with Crippen molar-refractivity contribution in [1.29, 1.82) is 0 Å². The Hall–Kier alpha value is -1.75. The van der Waals surface area contributed by atoms with Crippen LogP contribution in [0, 0.1) is 0 Å². The van der Waals surface area contributed by atoms with Gasteiger partial charge in [0.1, 0.15) is 12.2 Å². The van der Waals surface area contributed by atoms with Gasteiger partial charge < -0.3 is 20.3 Å². The summed E-state index contributed by atoms with van der Waals surface area (Å²) in [7, 11) is 1.43. The second-order valence-electron chi connectivity index (χ2n) is 2.79. The van der Waals surface area contributed by atoms with Gasteiger partial charge in [-0.1, -0.05) is 6.07 Å². The van der Waals surface area contributed by atoms with Gasteiger partial charge in [-0.05, 0) is 12.1 Å². The average Bonchev–Trinajstić information content (AvgIpc) is 2.25. The summed E-state index contributed by atoms with van der Waals surface area (Å²) in [5.41, 5.74) is 6.24. The zero-order valence-electron chi connectivity index (χ0n) is 8.40. The number of carbonyl (C=O) groups is 1. The third kappa shape index (κ3) is 2.60. The number of benzene rings is 1. The molecule has 0 fully saturated rings. The van der Waals surface area contributed by atoms with Gasteiger partial charge in [-0.25, -0.2) is 4.79 Å². The van der Waals surface area contributed by atoms with Crippen LogP contribution in [0.1, 0.15) is 10.4 Å². The van der Waals surface area contributed by atoms with Crippen LogP contribution in [0.3, 0.4) is 0 Å². The fraction of sp³-hybridized carbons (Fsp3) is 0.300. The molecule has 0 amide bonds. The molecule has 0 unspecified atom stereocenters. The largest absolute Gasteiger partial charge is 0.494 e. The number of esters is 1. The Balaban J connectivity index is 2.92. The fourth-order valence-corrected chi connectivity index (χ4v) is 1.16. The van der Waals surface area contributed by atoms with Crippen LogP contribution < -0.4 is 10.5 Å². The van der Waals surface area contributed by atoms with Gasteiger partial charge in [0.25, 0.3) is 0 Å². The van der Waals surface area contributed by atoms with Crippen molar-refractivity contribution in [2.24, 2.45) is 0 Å². The number of carbonyl (C=O) groups excluding carboxylic acids is 1. The number of ether oxygens (including phenoxy) is 2. The molecule has 3 N–H and O–H groups in total. The first-order valence-corrected chi connectivity index (χ1v) is 4.41. The van der Waals surface area contributed by atoms with Crippen molar-refractivity contribution in [3.8, 4) is 5.75 Å². The van der Waals surface area contributed by atoms with Gasteiger partial charge in [-0.3, -0.25) is 0 Å². The lowest BCUT2D eigenvalue weighted by Crippen LogP contribution is -2.10. The topological polar surface area (TPSA) is 81.8 Å². The lowest BCUT2D eigenvalue weighted by Gasteiger charge is -2.09. The molecular weight excluding hydrogens is 198 g/mol. The lowest BCUT2D eigenvalue weighted by atomic mass is 10.2. The quantitative estimate of drug-likeness (QED) is 0.557. The Morgan fingerprint density at radius 1 is 1.53 bits per heavy atom. The number of para-hydroxylation sites is 1. The molecule has 0 atom stereocenters. The molecule has 0 saturated heterocycles. The third-order valence-corrected chi connectivity index (χ3v) is 1.79. The molecule has 5 nitrogen and oxygen atoms in total. The Labute approximate surface area is 87.4 Å². The molecule has 0 aliphatic heterocycles. The molecule has 0 heterocycles. The highest BCUT2D eigenvalue weighted by Gasteiger charge is 2.15. The number of nitrogens with two attached hydrogens (primary N) is 1. The van der Waals surface area contributed by atoms with Crippen LogP contribution in [0.15, 0.2) is 18.2 Å². The maximum absolute atomic E-state index is 11.5. The smallest absolute Gasteiger partial charge is 0.342 e. The van der Waals surface area contributed by atoms with E-state index < -0.39 is 5.97 Å². The van der Waals surface area contributed by atoms with E-state index in [1.54, 1.807) is 18.2 Å². The average molecular weight is 211 g/mol. The van der Waals surface area contributed by atoms with E-state index in [2.05, 4.69) is 0 Å². The first-order chi connectivity index (χ1) is 7.20. The minimum absolute atomic E-state index is 0.0449. The van der Waals surface area contributed by atoms with Crippen molar-refractivity contribution in [2.45, 2.75) is 0 Å². The maximum Gasteiger partial charge on any atom is 0.342 e. The fourth-order valence-electron chi connectivity index (χ4n) is 1.16. The van der Waals surface area contributed by atoms with Gasteiger partial charge in [0.05, 0.1) is 19.4 Å². The molecule has 5 heteroatoms. The second kappa shape index (κ2) is 5.21. The Morgan fingerprint density at radius 2 is 2.27 bits per heavy atom. The summed E-state index contributed by atoms with van der Waals surface area (Å²) in [5.74, 6) is -0.270. The number of rotatable bonds is 4. The predicted octanol–water partition coefficient (Wildman–Crippen LogP) is 0.427. The molecule has 0 bridgehead atoms. The minimum atomic E-state index is -0.562. The summed E-state index contributed by atoms with van der Waals surface area (Å²) in [5, 5.41) is 8.51. The highest BCUT2D eigenvalue weighted by Crippen LogP contribution is 2.26. The number of hydrogen-bond acceptors (Lipinski definition) is 5. The maximum atomic E-state index is 11.5. The SMILES string of the molecule is COc1c(N)cccc1C(=O)OCCO. The van der Waals surface area contributed by atoms with Crippen molar-refractivity contribution in [3.63, 3.8) is 0 Å². The van der Waals surface area contributed by atoms with E-state index in [0.29, 0.717) is 11.4 Å². The molecule has 0 aromatic heterocycles. The van der Waals surface area contributed by atoms with Gasteiger partial charge in [0.15, 0.2) is 5.75 Å². The zero-order chi connectivity index (χ0) is 11.3. The van der Waals surface area contributed by atoms with Crippen LogP contribution in [-0.2, 0) is 4.74 Å². The lowest BCUT2D eigenvalue weighted by molar-refractivity contribution is 0.0430. The summed E-state index contributed by atoms with van der Waals surface area (Å²) in [4.78, 5) is 11.5. The highest BCUT2D eigenvalue weighted by molar-refractivity contribution is 5.94. The molecule has 15 heavy (non-hydrogen) atoms. The molecule has 0 aliphatic rings. The van der Waals surface area contributed by atoms with Gasteiger partial charge in [0, 0.05) is 0 Å². The van der Waals surface area contributed by atoms with Crippen molar-refractivity contribution >= 4 is 11.7 Å². The Bertz CT molecular complexity index is 351. The van der Waals surface area contributed by atoms with Crippen LogP contribution in [0.4, 0.5) is 5.69 Å². The van der Waals surface area contributed by atoms with Crippen LogP contribution in [0.25, 0.3) is 0 Å². The zero-order valence-corrected chi connectivity index (χ0v) is 8.40. The van der Waals surface area contributed by atoms with E-state index in [4.69, 9.17) is 20.3 Å². The normalized spacial score (nSPS) is 9.73. The van der Waals surface area contributed by atoms with Crippen LogP contribution in [-0.4, -0.2) is 31.4 Å². The Morgan fingerprint density at radius 3 is 2.87 bits per heavy atom. The van der Waals surface area contributed by atoms with E-state index in [1.807, 2.05) is 0 Å². The number of methoxy groups -OCH3 is 1. The first kappa shape index (κ1) is 11.3. The highest BCUT2D eigenvalue weighted by atomic mass is 16.5. The molecule has 1 aromatic rings. The van der Waals surface area contributed by atoms with Gasteiger partial charge in [-0.15, -0.1) is 0 Å². The molecule has 1 rings (SSSR count). The second-order valence-corrected chi connectivity index (χ2v) is 2.79. The summed E-state index contributed by atoms with van der Waals surface area (Å²) >= 11 is 0. The van der Waals surface area contributed by atoms with Crippen molar-refractivity contribution < 1.29 is 19.4 Å². The van der Waals surface area contributed by atoms with E-state index in [9.17, 15) is 4.79 Å². The Kier molecular flexibility index (Phi) is 3.93. The molecule has 0 saturated carbocycles. The monoisotopic (exact) mass is 211 g/mol. The van der Waals surface area contributed by atoms with Crippen molar-refractivity contribution in [2.75, 3.05) is 26.1 Å². The molecule has 0 radical (unpaired) electrons. The summed E-state index contributed by atoms with van der Waals surface area (Å²) in [6, 6.07) is 4.81. The van der Waals surface area contributed by atoms with E-state index >= 15 is 0 Å². The van der Waals surface area contributed by atoms with Crippen molar-refractivity contribution in [3.05, 3.63) is 23.8 Å². The van der Waals surface area contributed by atoms with E-state index in [0.717, 1.165) is 0 Å². The van der Waals surface area contributed by atoms with Gasteiger partial charge in [-0.2, -0.15) is 0 Å². The van der Waals surface area contributed by atoms with Crippen LogP contribution in [0.5, 0.6) is 5.75 Å². The number of anilines is 1. The van der Waals surface area contributed by atoms with Crippen LogP contribution in [0.2, 0.25) is 0 Å². The van der Waals surface area contributed by atoms with Gasteiger partial charge in [0.2, 0.25) is 0 Å². The molecule has 1 aromatic carbocycles. The van der Waals surface area contributed by atoms with E-state index in [1.165, 1.54) is 7.11 Å². The summed E-state index contributed by atoms with van der Waals surface area (Å²) < 4.78 is 9.74.